The Morgan fingerprint density at radius 1 is 1.23 bits per heavy atom. The number of hydrogen-bond acceptors (Lipinski definition) is 4. The maximum absolute atomic E-state index is 14.6. The first-order chi connectivity index (χ1) is 12.5. The van der Waals surface area contributed by atoms with Crippen LogP contribution in [0, 0.1) is 19.7 Å². The number of carbonyl (C=O) groups is 1. The van der Waals surface area contributed by atoms with Gasteiger partial charge < -0.3 is 10.0 Å². The van der Waals surface area contributed by atoms with Gasteiger partial charge in [-0.25, -0.2) is 14.2 Å². The van der Waals surface area contributed by atoms with Crippen molar-refractivity contribution >= 4 is 22.7 Å². The summed E-state index contributed by atoms with van der Waals surface area (Å²) >= 11 is 0. The molecule has 0 saturated carbocycles. The van der Waals surface area contributed by atoms with Crippen LogP contribution in [0.3, 0.4) is 0 Å². The second-order valence-corrected chi connectivity index (χ2v) is 7.70. The third-order valence-electron chi connectivity index (χ3n) is 6.49. The molecule has 3 atom stereocenters. The van der Waals surface area contributed by atoms with E-state index in [2.05, 4.69) is 9.88 Å². The fourth-order valence-electron chi connectivity index (χ4n) is 5.23. The molecule has 6 nitrogen and oxygen atoms in total. The zero-order valence-corrected chi connectivity index (χ0v) is 14.9. The third kappa shape index (κ3) is 1.94. The van der Waals surface area contributed by atoms with Gasteiger partial charge in [-0.15, -0.1) is 0 Å². The SMILES string of the molecule is Cc1nc2c3c(ncc(F)c3c1C)CCC1C3CCC(CN21)N3C(=O)O. The smallest absolute Gasteiger partial charge is 0.407 e. The minimum Gasteiger partial charge on any atom is -0.465 e. The molecule has 2 aromatic rings. The molecule has 26 heavy (non-hydrogen) atoms. The topological polar surface area (TPSA) is 69.6 Å². The lowest BCUT2D eigenvalue weighted by Gasteiger charge is -2.46. The summed E-state index contributed by atoms with van der Waals surface area (Å²) in [6.45, 7) is 4.43. The number of piperazine rings is 1. The average Bonchev–Trinajstić information content (AvgIpc) is 2.85. The average molecular weight is 356 g/mol. The molecular weight excluding hydrogens is 335 g/mol. The quantitative estimate of drug-likeness (QED) is 0.786. The molecule has 3 aliphatic rings. The number of rotatable bonds is 0. The second-order valence-electron chi connectivity index (χ2n) is 7.70. The van der Waals surface area contributed by atoms with Gasteiger partial charge in [-0.2, -0.15) is 0 Å². The van der Waals surface area contributed by atoms with Crippen LogP contribution in [-0.4, -0.2) is 50.7 Å². The Bertz CT molecular complexity index is 947. The number of nitrogens with zero attached hydrogens (tertiary/aromatic N) is 4. The molecule has 0 aliphatic carbocycles. The minimum absolute atomic E-state index is 0.0183. The minimum atomic E-state index is -0.832. The van der Waals surface area contributed by atoms with Crippen LogP contribution in [0.2, 0.25) is 0 Å². The van der Waals surface area contributed by atoms with Gasteiger partial charge in [-0.05, 0) is 45.1 Å². The zero-order valence-electron chi connectivity index (χ0n) is 14.9. The predicted octanol–water partition coefficient (Wildman–Crippen LogP) is 3.03. The van der Waals surface area contributed by atoms with Gasteiger partial charge >= 0.3 is 6.09 Å². The van der Waals surface area contributed by atoms with E-state index in [1.54, 1.807) is 4.90 Å². The van der Waals surface area contributed by atoms with E-state index in [9.17, 15) is 14.3 Å². The Morgan fingerprint density at radius 3 is 2.81 bits per heavy atom. The summed E-state index contributed by atoms with van der Waals surface area (Å²) in [6, 6.07) is 0.0269. The molecule has 2 saturated heterocycles. The van der Waals surface area contributed by atoms with E-state index in [1.165, 1.54) is 6.20 Å². The molecule has 0 radical (unpaired) electrons. The highest BCUT2D eigenvalue weighted by Crippen LogP contribution is 2.43. The standard InChI is InChI=1S/C19H21FN4O2/c1-9-10(2)22-18-17-13(21-7-12(20)16(9)17)4-6-14-15-5-3-11(8-23(14)18)24(15)19(25)26/h7,11,14-15H,3-6,8H2,1-2H3,(H,25,26). The molecule has 2 aromatic heterocycles. The Balaban J connectivity index is 1.74. The molecule has 0 spiro atoms. The monoisotopic (exact) mass is 356 g/mol. The third-order valence-corrected chi connectivity index (χ3v) is 6.49. The van der Waals surface area contributed by atoms with Crippen LogP contribution in [0.15, 0.2) is 6.20 Å². The Labute approximate surface area is 150 Å². The van der Waals surface area contributed by atoms with Crippen LogP contribution in [0.1, 0.15) is 36.2 Å². The molecule has 2 fully saturated rings. The number of halogens is 1. The Morgan fingerprint density at radius 2 is 2.04 bits per heavy atom. The van der Waals surface area contributed by atoms with Crippen LogP contribution in [0.5, 0.6) is 0 Å². The van der Waals surface area contributed by atoms with Gasteiger partial charge in [0.05, 0.1) is 30.0 Å². The number of aryl methyl sites for hydroxylation is 3. The number of carboxylic acid groups (broad SMARTS) is 1. The van der Waals surface area contributed by atoms with Gasteiger partial charge in [0.25, 0.3) is 0 Å². The van der Waals surface area contributed by atoms with Crippen molar-refractivity contribution < 1.29 is 14.3 Å². The van der Waals surface area contributed by atoms with Crippen LogP contribution < -0.4 is 4.90 Å². The van der Waals surface area contributed by atoms with Crippen molar-refractivity contribution in [3.8, 4) is 0 Å². The van der Waals surface area contributed by atoms with Crippen LogP contribution in [-0.2, 0) is 6.42 Å². The summed E-state index contributed by atoms with van der Waals surface area (Å²) in [4.78, 5) is 24.9. The van der Waals surface area contributed by atoms with Crippen molar-refractivity contribution in [2.75, 3.05) is 11.4 Å². The first kappa shape index (κ1) is 15.8. The van der Waals surface area contributed by atoms with Gasteiger partial charge in [-0.3, -0.25) is 9.88 Å². The van der Waals surface area contributed by atoms with Crippen molar-refractivity contribution in [1.29, 1.82) is 0 Å². The highest BCUT2D eigenvalue weighted by Gasteiger charge is 2.49. The van der Waals surface area contributed by atoms with Crippen molar-refractivity contribution in [2.24, 2.45) is 0 Å². The summed E-state index contributed by atoms with van der Waals surface area (Å²) in [6.07, 6.45) is 3.76. The first-order valence-corrected chi connectivity index (χ1v) is 9.19. The number of pyridine rings is 2. The zero-order chi connectivity index (χ0) is 18.2. The molecule has 3 aliphatic heterocycles. The van der Waals surface area contributed by atoms with Crippen molar-refractivity contribution in [2.45, 2.75) is 57.7 Å². The maximum atomic E-state index is 14.6. The molecule has 2 bridgehead atoms. The first-order valence-electron chi connectivity index (χ1n) is 9.19. The molecule has 5 heterocycles. The highest BCUT2D eigenvalue weighted by atomic mass is 19.1. The van der Waals surface area contributed by atoms with Crippen molar-refractivity contribution in [3.63, 3.8) is 0 Å². The summed E-state index contributed by atoms with van der Waals surface area (Å²) in [5.41, 5.74) is 2.55. The van der Waals surface area contributed by atoms with E-state index >= 15 is 0 Å². The van der Waals surface area contributed by atoms with Crippen molar-refractivity contribution in [1.82, 2.24) is 14.9 Å². The summed E-state index contributed by atoms with van der Waals surface area (Å²) in [7, 11) is 0. The fourth-order valence-corrected chi connectivity index (χ4v) is 5.23. The lowest BCUT2D eigenvalue weighted by Crippen LogP contribution is -2.61. The maximum Gasteiger partial charge on any atom is 0.407 e. The lowest BCUT2D eigenvalue weighted by atomic mass is 9.98. The largest absolute Gasteiger partial charge is 0.465 e. The number of amides is 1. The Kier molecular flexibility index (Phi) is 3.21. The van der Waals surface area contributed by atoms with Crippen LogP contribution in [0.25, 0.3) is 10.8 Å². The van der Waals surface area contributed by atoms with E-state index in [4.69, 9.17) is 4.98 Å². The number of aromatic nitrogens is 2. The number of anilines is 1. The molecule has 7 heteroatoms. The highest BCUT2D eigenvalue weighted by molar-refractivity contribution is 5.97. The number of hydrogen-bond donors (Lipinski definition) is 1. The summed E-state index contributed by atoms with van der Waals surface area (Å²) in [5.74, 6) is 0.480. The molecular formula is C19H21FN4O2. The van der Waals surface area contributed by atoms with Gasteiger partial charge in [0.2, 0.25) is 0 Å². The van der Waals surface area contributed by atoms with Crippen LogP contribution in [0.4, 0.5) is 15.0 Å². The van der Waals surface area contributed by atoms with Gasteiger partial charge in [0.15, 0.2) is 0 Å². The van der Waals surface area contributed by atoms with Gasteiger partial charge in [0, 0.05) is 23.0 Å². The molecule has 136 valence electrons. The molecule has 5 rings (SSSR count). The fraction of sp³-hybridized carbons (Fsp3) is 0.526. The van der Waals surface area contributed by atoms with Crippen LogP contribution >= 0.6 is 0 Å². The van der Waals surface area contributed by atoms with Gasteiger partial charge in [0.1, 0.15) is 11.6 Å². The molecule has 1 N–H and O–H groups in total. The normalized spacial score (nSPS) is 26.8. The van der Waals surface area contributed by atoms with Gasteiger partial charge in [-0.1, -0.05) is 0 Å². The predicted molar refractivity (Wildman–Crippen MR) is 95.1 cm³/mol. The second kappa shape index (κ2) is 5.28. The van der Waals surface area contributed by atoms with E-state index in [1.807, 2.05) is 13.8 Å². The summed E-state index contributed by atoms with van der Waals surface area (Å²) in [5, 5.41) is 11.1. The van der Waals surface area contributed by atoms with E-state index in [0.29, 0.717) is 18.4 Å². The number of fused-ring (bicyclic) bond motifs is 5. The molecule has 3 unspecified atom stereocenters. The summed E-state index contributed by atoms with van der Waals surface area (Å²) < 4.78 is 14.6. The molecule has 0 aromatic carbocycles. The van der Waals surface area contributed by atoms with E-state index in [0.717, 1.165) is 47.4 Å². The Hall–Kier alpha value is -2.44. The lowest BCUT2D eigenvalue weighted by molar-refractivity contribution is 0.0997. The van der Waals surface area contributed by atoms with E-state index < -0.39 is 6.09 Å². The van der Waals surface area contributed by atoms with Crippen molar-refractivity contribution in [3.05, 3.63) is 29.0 Å². The van der Waals surface area contributed by atoms with E-state index in [-0.39, 0.29) is 23.9 Å². The molecule has 1 amide bonds.